The molecule has 0 aliphatic rings. The second-order valence-electron chi connectivity index (χ2n) is 3.24. The standard InChI is InChI=1S/C10H7F2N3O2/c11-5-1-6(12)3-7(2-5)13-10-14-8(16)4-9(17)15-10/h1-4H,(H3,13,14,15,16,17). The first-order chi connectivity index (χ1) is 8.02. The minimum absolute atomic E-state index is 0.0660. The molecule has 7 heteroatoms. The summed E-state index contributed by atoms with van der Waals surface area (Å²) in [7, 11) is 0. The van der Waals surface area contributed by atoms with E-state index >= 15 is 0 Å². The van der Waals surface area contributed by atoms with Gasteiger partial charge < -0.3 is 10.4 Å². The van der Waals surface area contributed by atoms with Gasteiger partial charge in [0.15, 0.2) is 0 Å². The fraction of sp³-hybridized carbons (Fsp3) is 0. The van der Waals surface area contributed by atoms with E-state index in [1.54, 1.807) is 0 Å². The van der Waals surface area contributed by atoms with Gasteiger partial charge in [-0.1, -0.05) is 0 Å². The number of nitrogens with one attached hydrogen (secondary N) is 2. The number of aromatic amines is 1. The molecule has 1 aromatic heterocycles. The van der Waals surface area contributed by atoms with Gasteiger partial charge in [0.2, 0.25) is 11.8 Å². The minimum atomic E-state index is -0.769. The average molecular weight is 239 g/mol. The van der Waals surface area contributed by atoms with E-state index in [2.05, 4.69) is 15.3 Å². The van der Waals surface area contributed by atoms with Crippen molar-refractivity contribution in [1.82, 2.24) is 9.97 Å². The predicted octanol–water partition coefficient (Wildman–Crippen LogP) is 1.50. The predicted molar refractivity (Wildman–Crippen MR) is 56.2 cm³/mol. The molecule has 0 saturated carbocycles. The average Bonchev–Trinajstić information content (AvgIpc) is 2.13. The van der Waals surface area contributed by atoms with E-state index in [9.17, 15) is 13.6 Å². The Morgan fingerprint density at radius 3 is 2.41 bits per heavy atom. The zero-order valence-corrected chi connectivity index (χ0v) is 8.37. The molecule has 17 heavy (non-hydrogen) atoms. The summed E-state index contributed by atoms with van der Waals surface area (Å²) >= 11 is 0. The van der Waals surface area contributed by atoms with Crippen molar-refractivity contribution in [2.45, 2.75) is 0 Å². The third-order valence-electron chi connectivity index (χ3n) is 1.85. The molecule has 0 aliphatic heterocycles. The number of nitrogens with zero attached hydrogens (tertiary/aromatic N) is 1. The Balaban J connectivity index is 2.34. The zero-order valence-electron chi connectivity index (χ0n) is 8.37. The lowest BCUT2D eigenvalue weighted by Gasteiger charge is -2.05. The smallest absolute Gasteiger partial charge is 0.256 e. The second-order valence-corrected chi connectivity index (χ2v) is 3.24. The second kappa shape index (κ2) is 4.20. The quantitative estimate of drug-likeness (QED) is 0.742. The Bertz CT molecular complexity index is 592. The highest BCUT2D eigenvalue weighted by Gasteiger charge is 2.03. The Morgan fingerprint density at radius 1 is 1.18 bits per heavy atom. The number of H-pyrrole nitrogens is 1. The molecule has 2 rings (SSSR count). The SMILES string of the molecule is O=c1cc(O)nc(Nc2cc(F)cc(F)c2)[nH]1. The normalized spacial score (nSPS) is 10.2. The van der Waals surface area contributed by atoms with Gasteiger partial charge >= 0.3 is 0 Å². The van der Waals surface area contributed by atoms with Gasteiger partial charge in [0.05, 0.1) is 6.07 Å². The molecule has 0 spiro atoms. The van der Waals surface area contributed by atoms with Gasteiger partial charge in [0, 0.05) is 11.8 Å². The minimum Gasteiger partial charge on any atom is -0.493 e. The van der Waals surface area contributed by atoms with Crippen LogP contribution < -0.4 is 10.9 Å². The maximum absolute atomic E-state index is 12.9. The molecule has 1 heterocycles. The Morgan fingerprint density at radius 2 is 1.82 bits per heavy atom. The summed E-state index contributed by atoms with van der Waals surface area (Å²) in [6.07, 6.45) is 0. The van der Waals surface area contributed by atoms with Crippen LogP contribution in [0.5, 0.6) is 5.88 Å². The number of aromatic nitrogens is 2. The molecule has 5 nitrogen and oxygen atoms in total. The molecule has 0 aliphatic carbocycles. The van der Waals surface area contributed by atoms with Crippen LogP contribution in [0, 0.1) is 11.6 Å². The fourth-order valence-electron chi connectivity index (χ4n) is 1.27. The highest BCUT2D eigenvalue weighted by atomic mass is 19.1. The van der Waals surface area contributed by atoms with Gasteiger partial charge in [-0.05, 0) is 12.1 Å². The van der Waals surface area contributed by atoms with Gasteiger partial charge in [0.1, 0.15) is 11.6 Å². The van der Waals surface area contributed by atoms with Crippen molar-refractivity contribution in [3.8, 4) is 5.88 Å². The lowest BCUT2D eigenvalue weighted by atomic mass is 10.3. The number of halogens is 2. The Hall–Kier alpha value is -2.44. The van der Waals surface area contributed by atoms with Crippen LogP contribution in [-0.4, -0.2) is 15.1 Å². The van der Waals surface area contributed by atoms with E-state index in [-0.39, 0.29) is 11.6 Å². The molecular weight excluding hydrogens is 232 g/mol. The number of aromatic hydroxyl groups is 1. The molecule has 2 aromatic rings. The van der Waals surface area contributed by atoms with E-state index in [0.717, 1.165) is 18.2 Å². The fourth-order valence-corrected chi connectivity index (χ4v) is 1.27. The van der Waals surface area contributed by atoms with Crippen LogP contribution in [0.25, 0.3) is 0 Å². The lowest BCUT2D eigenvalue weighted by molar-refractivity contribution is 0.452. The van der Waals surface area contributed by atoms with Crippen molar-refractivity contribution in [2.24, 2.45) is 0 Å². The van der Waals surface area contributed by atoms with E-state index in [0.29, 0.717) is 6.07 Å². The van der Waals surface area contributed by atoms with Crippen molar-refractivity contribution >= 4 is 11.6 Å². The molecule has 0 unspecified atom stereocenters. The molecule has 3 N–H and O–H groups in total. The van der Waals surface area contributed by atoms with Crippen LogP contribution >= 0.6 is 0 Å². The van der Waals surface area contributed by atoms with Crippen LogP contribution in [-0.2, 0) is 0 Å². The van der Waals surface area contributed by atoms with Gasteiger partial charge in [-0.3, -0.25) is 9.78 Å². The summed E-state index contributed by atoms with van der Waals surface area (Å²) in [5, 5.41) is 11.5. The third kappa shape index (κ3) is 2.77. The Kier molecular flexibility index (Phi) is 2.73. The van der Waals surface area contributed by atoms with Crippen molar-refractivity contribution in [2.75, 3.05) is 5.32 Å². The number of rotatable bonds is 2. The van der Waals surface area contributed by atoms with Crippen molar-refractivity contribution in [1.29, 1.82) is 0 Å². The number of anilines is 2. The molecule has 0 bridgehead atoms. The highest BCUT2D eigenvalue weighted by molar-refractivity contribution is 5.53. The molecular formula is C10H7F2N3O2. The largest absolute Gasteiger partial charge is 0.493 e. The van der Waals surface area contributed by atoms with Gasteiger partial charge in [-0.15, -0.1) is 0 Å². The maximum Gasteiger partial charge on any atom is 0.256 e. The molecule has 0 fully saturated rings. The molecule has 0 saturated heterocycles. The van der Waals surface area contributed by atoms with Crippen LogP contribution in [0.4, 0.5) is 20.4 Å². The van der Waals surface area contributed by atoms with Crippen molar-refractivity contribution < 1.29 is 13.9 Å². The summed E-state index contributed by atoms with van der Waals surface area (Å²) in [6.45, 7) is 0. The number of hydrogen-bond acceptors (Lipinski definition) is 4. The van der Waals surface area contributed by atoms with E-state index in [1.165, 1.54) is 0 Å². The van der Waals surface area contributed by atoms with E-state index < -0.39 is 23.1 Å². The first-order valence-corrected chi connectivity index (χ1v) is 4.56. The molecule has 1 aromatic carbocycles. The third-order valence-corrected chi connectivity index (χ3v) is 1.85. The van der Waals surface area contributed by atoms with E-state index in [4.69, 9.17) is 5.11 Å². The number of benzene rings is 1. The van der Waals surface area contributed by atoms with Gasteiger partial charge in [-0.25, -0.2) is 8.78 Å². The number of hydrogen-bond donors (Lipinski definition) is 3. The van der Waals surface area contributed by atoms with Crippen LogP contribution in [0.2, 0.25) is 0 Å². The summed E-state index contributed by atoms with van der Waals surface area (Å²) in [6, 6.07) is 3.63. The summed E-state index contributed by atoms with van der Waals surface area (Å²) in [5.41, 5.74) is -0.520. The van der Waals surface area contributed by atoms with Crippen molar-refractivity contribution in [3.63, 3.8) is 0 Å². The van der Waals surface area contributed by atoms with Crippen LogP contribution in [0.3, 0.4) is 0 Å². The summed E-state index contributed by atoms with van der Waals surface area (Å²) in [5.74, 6) is -2.14. The molecule has 88 valence electrons. The molecule has 0 amide bonds. The zero-order chi connectivity index (χ0) is 12.4. The lowest BCUT2D eigenvalue weighted by Crippen LogP contribution is -2.09. The monoisotopic (exact) mass is 239 g/mol. The summed E-state index contributed by atoms with van der Waals surface area (Å²) < 4.78 is 25.7. The highest BCUT2D eigenvalue weighted by Crippen LogP contribution is 2.16. The van der Waals surface area contributed by atoms with Crippen molar-refractivity contribution in [3.05, 3.63) is 46.3 Å². The van der Waals surface area contributed by atoms with Gasteiger partial charge in [0.25, 0.3) is 5.56 Å². The first-order valence-electron chi connectivity index (χ1n) is 4.56. The summed E-state index contributed by atoms with van der Waals surface area (Å²) in [4.78, 5) is 16.8. The first kappa shape index (κ1) is 11.1. The van der Waals surface area contributed by atoms with Crippen LogP contribution in [0.1, 0.15) is 0 Å². The van der Waals surface area contributed by atoms with Crippen LogP contribution in [0.15, 0.2) is 29.1 Å². The molecule has 0 radical (unpaired) electrons. The maximum atomic E-state index is 12.9. The van der Waals surface area contributed by atoms with E-state index in [1.807, 2.05) is 0 Å². The topological polar surface area (TPSA) is 78.0 Å². The molecule has 0 atom stereocenters. The van der Waals surface area contributed by atoms with Gasteiger partial charge in [-0.2, -0.15) is 4.98 Å². The Labute approximate surface area is 93.8 Å².